The minimum atomic E-state index is 0.507. The van der Waals surface area contributed by atoms with Crippen molar-refractivity contribution >= 4 is 0 Å². The monoisotopic (exact) mass is 183 g/mol. The van der Waals surface area contributed by atoms with E-state index in [4.69, 9.17) is 10.3 Å². The summed E-state index contributed by atoms with van der Waals surface area (Å²) >= 11 is 0. The molecule has 0 amide bonds. The summed E-state index contributed by atoms with van der Waals surface area (Å²) in [5, 5.41) is 7.13. The van der Waals surface area contributed by atoms with E-state index in [1.807, 2.05) is 13.0 Å². The standard InChI is InChI=1S/C9H17N3O/c1-7(4-10)5-11-6-9-3-8(2)13-12-9/h3,7,11H,4-6,10H2,1-2H3. The number of aryl methyl sites for hydroxylation is 1. The molecular formula is C9H17N3O. The summed E-state index contributed by atoms with van der Waals surface area (Å²) in [4.78, 5) is 0. The van der Waals surface area contributed by atoms with Crippen LogP contribution in [0.15, 0.2) is 10.6 Å². The van der Waals surface area contributed by atoms with Gasteiger partial charge in [0, 0.05) is 12.6 Å². The first-order chi connectivity index (χ1) is 6.22. The van der Waals surface area contributed by atoms with Crippen LogP contribution in [-0.2, 0) is 6.54 Å². The molecule has 3 N–H and O–H groups in total. The molecule has 1 unspecified atom stereocenters. The Morgan fingerprint density at radius 2 is 2.46 bits per heavy atom. The van der Waals surface area contributed by atoms with Crippen LogP contribution in [0, 0.1) is 12.8 Å². The first kappa shape index (κ1) is 10.2. The lowest BCUT2D eigenvalue weighted by molar-refractivity contribution is 0.386. The van der Waals surface area contributed by atoms with E-state index < -0.39 is 0 Å². The summed E-state index contributed by atoms with van der Waals surface area (Å²) < 4.78 is 4.93. The van der Waals surface area contributed by atoms with E-state index in [1.165, 1.54) is 0 Å². The Labute approximate surface area is 78.5 Å². The summed E-state index contributed by atoms with van der Waals surface area (Å²) in [7, 11) is 0. The van der Waals surface area contributed by atoms with Crippen molar-refractivity contribution in [2.45, 2.75) is 20.4 Å². The fourth-order valence-electron chi connectivity index (χ4n) is 1.03. The molecule has 1 aromatic rings. The lowest BCUT2D eigenvalue weighted by Gasteiger charge is -2.07. The highest BCUT2D eigenvalue weighted by molar-refractivity contribution is 5.02. The van der Waals surface area contributed by atoms with Crippen LogP contribution in [0.1, 0.15) is 18.4 Å². The van der Waals surface area contributed by atoms with Gasteiger partial charge in [-0.1, -0.05) is 12.1 Å². The third kappa shape index (κ3) is 3.57. The van der Waals surface area contributed by atoms with Crippen molar-refractivity contribution in [1.29, 1.82) is 0 Å². The van der Waals surface area contributed by atoms with Gasteiger partial charge in [0.15, 0.2) is 0 Å². The van der Waals surface area contributed by atoms with Crippen molar-refractivity contribution in [2.75, 3.05) is 13.1 Å². The van der Waals surface area contributed by atoms with Gasteiger partial charge in [-0.15, -0.1) is 0 Å². The maximum Gasteiger partial charge on any atom is 0.133 e. The van der Waals surface area contributed by atoms with Crippen molar-refractivity contribution in [1.82, 2.24) is 10.5 Å². The second-order valence-corrected chi connectivity index (χ2v) is 3.40. The molecule has 1 rings (SSSR count). The fraction of sp³-hybridized carbons (Fsp3) is 0.667. The quantitative estimate of drug-likeness (QED) is 0.704. The Hall–Kier alpha value is -0.870. The summed E-state index contributed by atoms with van der Waals surface area (Å²) in [5.41, 5.74) is 6.43. The number of hydrogen-bond acceptors (Lipinski definition) is 4. The lowest BCUT2D eigenvalue weighted by atomic mass is 10.2. The van der Waals surface area contributed by atoms with Gasteiger partial charge in [0.25, 0.3) is 0 Å². The van der Waals surface area contributed by atoms with E-state index in [0.29, 0.717) is 12.5 Å². The topological polar surface area (TPSA) is 64.1 Å². The lowest BCUT2D eigenvalue weighted by Crippen LogP contribution is -2.25. The van der Waals surface area contributed by atoms with Crippen LogP contribution in [0.2, 0.25) is 0 Å². The van der Waals surface area contributed by atoms with Crippen LogP contribution in [0.25, 0.3) is 0 Å². The van der Waals surface area contributed by atoms with Crippen LogP contribution >= 0.6 is 0 Å². The van der Waals surface area contributed by atoms with Gasteiger partial charge in [-0.2, -0.15) is 0 Å². The van der Waals surface area contributed by atoms with Crippen molar-refractivity contribution < 1.29 is 4.52 Å². The highest BCUT2D eigenvalue weighted by Gasteiger charge is 2.01. The summed E-state index contributed by atoms with van der Waals surface area (Å²) in [6.07, 6.45) is 0. The number of nitrogens with one attached hydrogen (secondary N) is 1. The molecule has 13 heavy (non-hydrogen) atoms. The molecule has 0 aliphatic heterocycles. The van der Waals surface area contributed by atoms with Gasteiger partial charge in [-0.25, -0.2) is 0 Å². The maximum absolute atomic E-state index is 5.48. The second kappa shape index (κ2) is 4.99. The highest BCUT2D eigenvalue weighted by atomic mass is 16.5. The molecule has 1 heterocycles. The van der Waals surface area contributed by atoms with Crippen molar-refractivity contribution in [3.8, 4) is 0 Å². The molecule has 0 aromatic carbocycles. The van der Waals surface area contributed by atoms with E-state index in [2.05, 4.69) is 17.4 Å². The predicted octanol–water partition coefficient (Wildman–Crippen LogP) is 0.667. The van der Waals surface area contributed by atoms with Crippen molar-refractivity contribution in [2.24, 2.45) is 11.7 Å². The molecule has 1 aromatic heterocycles. The molecule has 1 atom stereocenters. The zero-order chi connectivity index (χ0) is 9.68. The summed E-state index contributed by atoms with van der Waals surface area (Å²) in [5.74, 6) is 1.36. The van der Waals surface area contributed by atoms with Crippen LogP contribution in [0.5, 0.6) is 0 Å². The molecule has 0 spiro atoms. The normalized spacial score (nSPS) is 13.2. The Morgan fingerprint density at radius 1 is 1.69 bits per heavy atom. The molecule has 4 nitrogen and oxygen atoms in total. The third-order valence-corrected chi connectivity index (χ3v) is 1.88. The smallest absolute Gasteiger partial charge is 0.133 e. The van der Waals surface area contributed by atoms with Gasteiger partial charge >= 0.3 is 0 Å². The first-order valence-corrected chi connectivity index (χ1v) is 4.55. The van der Waals surface area contributed by atoms with Crippen LogP contribution in [0.3, 0.4) is 0 Å². The van der Waals surface area contributed by atoms with Crippen LogP contribution in [0.4, 0.5) is 0 Å². The number of aromatic nitrogens is 1. The molecule has 0 fully saturated rings. The molecule has 0 radical (unpaired) electrons. The van der Waals surface area contributed by atoms with Gasteiger partial charge in [0.2, 0.25) is 0 Å². The van der Waals surface area contributed by atoms with E-state index >= 15 is 0 Å². The van der Waals surface area contributed by atoms with Gasteiger partial charge in [0.05, 0.1) is 5.69 Å². The summed E-state index contributed by atoms with van der Waals surface area (Å²) in [6, 6.07) is 1.93. The van der Waals surface area contributed by atoms with E-state index in [-0.39, 0.29) is 0 Å². The van der Waals surface area contributed by atoms with Gasteiger partial charge in [-0.05, 0) is 25.9 Å². The fourth-order valence-corrected chi connectivity index (χ4v) is 1.03. The molecule has 4 heteroatoms. The van der Waals surface area contributed by atoms with Gasteiger partial charge in [-0.3, -0.25) is 0 Å². The molecule has 0 aliphatic carbocycles. The van der Waals surface area contributed by atoms with Gasteiger partial charge in [0.1, 0.15) is 5.76 Å². The third-order valence-electron chi connectivity index (χ3n) is 1.88. The van der Waals surface area contributed by atoms with E-state index in [9.17, 15) is 0 Å². The largest absolute Gasteiger partial charge is 0.361 e. The summed E-state index contributed by atoms with van der Waals surface area (Å²) in [6.45, 7) is 6.38. The van der Waals surface area contributed by atoms with E-state index in [1.54, 1.807) is 0 Å². The SMILES string of the molecule is Cc1cc(CNCC(C)CN)no1. The number of hydrogen-bond donors (Lipinski definition) is 2. The average Bonchev–Trinajstić information content (AvgIpc) is 2.51. The van der Waals surface area contributed by atoms with Crippen molar-refractivity contribution in [3.63, 3.8) is 0 Å². The molecule has 0 saturated carbocycles. The zero-order valence-corrected chi connectivity index (χ0v) is 8.21. The predicted molar refractivity (Wildman–Crippen MR) is 51.2 cm³/mol. The number of nitrogens with zero attached hydrogens (tertiary/aromatic N) is 1. The van der Waals surface area contributed by atoms with Crippen LogP contribution < -0.4 is 11.1 Å². The minimum Gasteiger partial charge on any atom is -0.361 e. The zero-order valence-electron chi connectivity index (χ0n) is 8.21. The Balaban J connectivity index is 2.20. The van der Waals surface area contributed by atoms with Crippen LogP contribution in [-0.4, -0.2) is 18.2 Å². The Kier molecular flexibility index (Phi) is 3.92. The average molecular weight is 183 g/mol. The van der Waals surface area contributed by atoms with E-state index in [0.717, 1.165) is 24.5 Å². The second-order valence-electron chi connectivity index (χ2n) is 3.40. The van der Waals surface area contributed by atoms with Gasteiger partial charge < -0.3 is 15.6 Å². The first-order valence-electron chi connectivity index (χ1n) is 4.55. The number of rotatable bonds is 5. The highest BCUT2D eigenvalue weighted by Crippen LogP contribution is 2.00. The molecule has 74 valence electrons. The molecule has 0 aliphatic rings. The maximum atomic E-state index is 5.48. The van der Waals surface area contributed by atoms with Crippen molar-refractivity contribution in [3.05, 3.63) is 17.5 Å². The number of nitrogens with two attached hydrogens (primary N) is 1. The minimum absolute atomic E-state index is 0.507. The Morgan fingerprint density at radius 3 is 3.00 bits per heavy atom. The Bertz CT molecular complexity index is 247. The molecular weight excluding hydrogens is 166 g/mol. The molecule has 0 saturated heterocycles. The molecule has 0 bridgehead atoms.